The van der Waals surface area contributed by atoms with Crippen molar-refractivity contribution in [2.75, 3.05) is 12.1 Å². The van der Waals surface area contributed by atoms with Crippen molar-refractivity contribution >= 4 is 28.9 Å². The smallest absolute Gasteiger partial charge is 0.275 e. The maximum atomic E-state index is 14.1. The SMILES string of the molecule is COc1cc(C(c2c(C)[nH]n(-c3ccccc3)c2=O)C2C(=O)N(c3ccccc3)N=C2C)c(Cl)cc1OC(C)C. The number of nitrogens with one attached hydrogen (secondary N) is 1. The Balaban J connectivity index is 1.72. The normalized spacial score (nSPS) is 15.9. The van der Waals surface area contributed by atoms with Gasteiger partial charge in [0.05, 0.1) is 30.5 Å². The Labute approximate surface area is 237 Å². The number of hydrogen-bond acceptors (Lipinski definition) is 5. The van der Waals surface area contributed by atoms with Crippen molar-refractivity contribution in [1.29, 1.82) is 0 Å². The van der Waals surface area contributed by atoms with E-state index in [-0.39, 0.29) is 17.6 Å². The van der Waals surface area contributed by atoms with Gasteiger partial charge in [0, 0.05) is 34.0 Å². The molecule has 1 aliphatic rings. The van der Waals surface area contributed by atoms with Gasteiger partial charge in [-0.2, -0.15) is 5.10 Å². The molecule has 1 N–H and O–H groups in total. The van der Waals surface area contributed by atoms with Crippen LogP contribution in [0.15, 0.2) is 82.7 Å². The lowest BCUT2D eigenvalue weighted by atomic mass is 9.78. The van der Waals surface area contributed by atoms with Gasteiger partial charge in [-0.05, 0) is 63.6 Å². The average Bonchev–Trinajstić information content (AvgIpc) is 3.40. The predicted octanol–water partition coefficient (Wildman–Crippen LogP) is 6.09. The lowest BCUT2D eigenvalue weighted by Gasteiger charge is -2.25. The molecule has 1 amide bonds. The van der Waals surface area contributed by atoms with E-state index in [4.69, 9.17) is 21.1 Å². The number of hydrazone groups is 1. The molecule has 206 valence electrons. The van der Waals surface area contributed by atoms with Gasteiger partial charge in [-0.1, -0.05) is 48.0 Å². The minimum atomic E-state index is -0.786. The Morgan fingerprint density at radius 2 is 1.55 bits per heavy atom. The highest BCUT2D eigenvalue weighted by molar-refractivity contribution is 6.32. The number of rotatable bonds is 8. The summed E-state index contributed by atoms with van der Waals surface area (Å²) in [6.07, 6.45) is -0.109. The monoisotopic (exact) mass is 558 g/mol. The second kappa shape index (κ2) is 11.1. The molecule has 1 aromatic heterocycles. The topological polar surface area (TPSA) is 88.9 Å². The van der Waals surface area contributed by atoms with Crippen LogP contribution in [0.1, 0.15) is 43.5 Å². The quantitative estimate of drug-likeness (QED) is 0.283. The van der Waals surface area contributed by atoms with E-state index in [1.165, 1.54) is 9.69 Å². The number of anilines is 1. The summed E-state index contributed by atoms with van der Waals surface area (Å²) in [5.41, 5.74) is 3.23. The van der Waals surface area contributed by atoms with Crippen molar-refractivity contribution in [2.45, 2.75) is 39.7 Å². The largest absolute Gasteiger partial charge is 0.493 e. The molecule has 40 heavy (non-hydrogen) atoms. The minimum absolute atomic E-state index is 0.109. The van der Waals surface area contributed by atoms with Crippen LogP contribution in [0.2, 0.25) is 5.02 Å². The summed E-state index contributed by atoms with van der Waals surface area (Å²) in [5.74, 6) is -0.863. The summed E-state index contributed by atoms with van der Waals surface area (Å²) < 4.78 is 13.1. The van der Waals surface area contributed by atoms with E-state index in [2.05, 4.69) is 10.2 Å². The van der Waals surface area contributed by atoms with Crippen LogP contribution in [0, 0.1) is 12.8 Å². The van der Waals surface area contributed by atoms with E-state index in [9.17, 15) is 9.59 Å². The molecular weight excluding hydrogens is 528 g/mol. The molecule has 0 fully saturated rings. The molecule has 0 spiro atoms. The maximum Gasteiger partial charge on any atom is 0.275 e. The Bertz CT molecular complexity index is 1630. The first kappa shape index (κ1) is 27.3. The molecule has 2 heterocycles. The number of aromatic nitrogens is 2. The molecule has 5 rings (SSSR count). The first-order chi connectivity index (χ1) is 19.2. The van der Waals surface area contributed by atoms with Crippen LogP contribution in [0.3, 0.4) is 0 Å². The van der Waals surface area contributed by atoms with E-state index in [1.54, 1.807) is 26.2 Å². The highest BCUT2D eigenvalue weighted by Gasteiger charge is 2.44. The number of aryl methyl sites for hydroxylation is 1. The molecule has 1 aliphatic heterocycles. The summed E-state index contributed by atoms with van der Waals surface area (Å²) in [6.45, 7) is 7.45. The van der Waals surface area contributed by atoms with Crippen LogP contribution in [0.25, 0.3) is 5.69 Å². The zero-order valence-corrected chi connectivity index (χ0v) is 23.8. The van der Waals surface area contributed by atoms with E-state index in [0.29, 0.717) is 50.4 Å². The number of benzene rings is 3. The third kappa shape index (κ3) is 4.91. The number of H-pyrrole nitrogens is 1. The molecule has 0 aliphatic carbocycles. The number of carbonyl (C=O) groups excluding carboxylic acids is 1. The summed E-state index contributed by atoms with van der Waals surface area (Å²) >= 11 is 6.92. The molecule has 0 saturated carbocycles. The predicted molar refractivity (Wildman–Crippen MR) is 157 cm³/mol. The summed E-state index contributed by atoms with van der Waals surface area (Å²) in [6, 6.07) is 22.0. The number of methoxy groups -OCH3 is 1. The third-order valence-electron chi connectivity index (χ3n) is 6.94. The fraction of sp³-hybridized carbons (Fsp3) is 0.258. The van der Waals surface area contributed by atoms with Gasteiger partial charge in [-0.25, -0.2) is 9.69 Å². The molecule has 2 unspecified atom stereocenters. The molecule has 2 atom stereocenters. The van der Waals surface area contributed by atoms with Gasteiger partial charge in [0.2, 0.25) is 0 Å². The van der Waals surface area contributed by atoms with Crippen molar-refractivity contribution in [3.63, 3.8) is 0 Å². The van der Waals surface area contributed by atoms with Gasteiger partial charge in [0.25, 0.3) is 11.5 Å². The molecule has 0 saturated heterocycles. The van der Waals surface area contributed by atoms with Crippen LogP contribution < -0.4 is 20.0 Å². The van der Waals surface area contributed by atoms with E-state index in [0.717, 1.165) is 0 Å². The maximum absolute atomic E-state index is 14.1. The second-order valence-corrected chi connectivity index (χ2v) is 10.4. The Kier molecular flexibility index (Phi) is 7.54. The van der Waals surface area contributed by atoms with E-state index < -0.39 is 11.8 Å². The number of hydrogen-bond donors (Lipinski definition) is 1. The average molecular weight is 559 g/mol. The number of carbonyl (C=O) groups is 1. The summed E-state index contributed by atoms with van der Waals surface area (Å²) in [5, 5.41) is 9.58. The van der Waals surface area contributed by atoms with Crippen molar-refractivity contribution in [3.05, 3.63) is 105 Å². The highest BCUT2D eigenvalue weighted by Crippen LogP contribution is 2.44. The van der Waals surface area contributed by atoms with E-state index >= 15 is 0 Å². The fourth-order valence-electron chi connectivity index (χ4n) is 5.20. The van der Waals surface area contributed by atoms with Gasteiger partial charge in [-0.15, -0.1) is 0 Å². The molecular formula is C31H31ClN4O4. The molecule has 3 aromatic carbocycles. The van der Waals surface area contributed by atoms with Crippen LogP contribution in [0.4, 0.5) is 5.69 Å². The Morgan fingerprint density at radius 1 is 0.925 bits per heavy atom. The minimum Gasteiger partial charge on any atom is -0.493 e. The van der Waals surface area contributed by atoms with Crippen molar-refractivity contribution in [1.82, 2.24) is 9.78 Å². The molecule has 8 nitrogen and oxygen atoms in total. The van der Waals surface area contributed by atoms with Crippen LogP contribution in [0.5, 0.6) is 11.5 Å². The summed E-state index contributed by atoms with van der Waals surface area (Å²) in [4.78, 5) is 28.1. The molecule has 0 radical (unpaired) electrons. The number of ether oxygens (including phenoxy) is 2. The van der Waals surface area contributed by atoms with Gasteiger partial charge >= 0.3 is 0 Å². The summed E-state index contributed by atoms with van der Waals surface area (Å²) in [7, 11) is 1.55. The van der Waals surface area contributed by atoms with Crippen molar-refractivity contribution < 1.29 is 14.3 Å². The van der Waals surface area contributed by atoms with Crippen LogP contribution in [-0.2, 0) is 4.79 Å². The fourth-order valence-corrected chi connectivity index (χ4v) is 5.47. The number of amides is 1. The molecule has 9 heteroatoms. The van der Waals surface area contributed by atoms with Gasteiger partial charge in [0.15, 0.2) is 11.5 Å². The zero-order valence-electron chi connectivity index (χ0n) is 23.0. The second-order valence-electron chi connectivity index (χ2n) is 10.0. The molecule has 4 aromatic rings. The highest BCUT2D eigenvalue weighted by atomic mass is 35.5. The molecule has 0 bridgehead atoms. The van der Waals surface area contributed by atoms with Gasteiger partial charge in [-0.3, -0.25) is 14.7 Å². The van der Waals surface area contributed by atoms with Gasteiger partial charge in [0.1, 0.15) is 0 Å². The standard InChI is InChI=1S/C31H31ClN4O4/c1-18(2)40-26-17-24(32)23(16-25(26)39-5)29(27-19(3)33-35(30(27)37)21-12-8-6-9-13-21)28-20(4)34-36(31(28)38)22-14-10-7-11-15-22/h6-18,27,29,34H,1-5H3. The third-order valence-corrected chi connectivity index (χ3v) is 7.27. The zero-order chi connectivity index (χ0) is 28.6. The van der Waals surface area contributed by atoms with Crippen LogP contribution in [-0.4, -0.2) is 34.6 Å². The van der Waals surface area contributed by atoms with E-state index in [1.807, 2.05) is 81.4 Å². The number of halogens is 1. The lowest BCUT2D eigenvalue weighted by Crippen LogP contribution is -2.34. The van der Waals surface area contributed by atoms with Gasteiger partial charge < -0.3 is 9.47 Å². The number of aromatic amines is 1. The number of nitrogens with zero attached hydrogens (tertiary/aromatic N) is 3. The van der Waals surface area contributed by atoms with Crippen LogP contribution >= 0.6 is 11.6 Å². The van der Waals surface area contributed by atoms with Crippen molar-refractivity contribution in [2.24, 2.45) is 11.0 Å². The van der Waals surface area contributed by atoms with Crippen molar-refractivity contribution in [3.8, 4) is 17.2 Å². The number of para-hydroxylation sites is 2. The Hall–Kier alpha value is -4.30. The first-order valence-electron chi connectivity index (χ1n) is 13.1. The Morgan fingerprint density at radius 3 is 2.15 bits per heavy atom. The lowest BCUT2D eigenvalue weighted by molar-refractivity contribution is -0.120. The first-order valence-corrected chi connectivity index (χ1v) is 13.4.